The highest BCUT2D eigenvalue weighted by atomic mass is 32.2. The second kappa shape index (κ2) is 5.52. The van der Waals surface area contributed by atoms with E-state index < -0.39 is 0 Å². The molecule has 0 aromatic rings. The van der Waals surface area contributed by atoms with Crippen molar-refractivity contribution in [3.63, 3.8) is 0 Å². The predicted molar refractivity (Wildman–Crippen MR) is 64.8 cm³/mol. The van der Waals surface area contributed by atoms with Crippen molar-refractivity contribution in [2.75, 3.05) is 31.8 Å². The van der Waals surface area contributed by atoms with Gasteiger partial charge in [-0.25, -0.2) is 0 Å². The molecular formula is C12H20O3S. The summed E-state index contributed by atoms with van der Waals surface area (Å²) in [4.78, 5) is 12.0. The van der Waals surface area contributed by atoms with Crippen molar-refractivity contribution in [2.45, 2.75) is 31.3 Å². The molecule has 0 aromatic heterocycles. The van der Waals surface area contributed by atoms with Gasteiger partial charge >= 0.3 is 0 Å². The number of ketones is 1. The third kappa shape index (κ3) is 2.79. The Labute approximate surface area is 101 Å². The molecule has 4 heteroatoms. The summed E-state index contributed by atoms with van der Waals surface area (Å²) in [7, 11) is 1.65. The summed E-state index contributed by atoms with van der Waals surface area (Å²) in [5, 5.41) is 0. The topological polar surface area (TPSA) is 35.5 Å². The molecule has 0 saturated carbocycles. The second-order valence-corrected chi connectivity index (χ2v) is 5.84. The lowest BCUT2D eigenvalue weighted by Gasteiger charge is -2.37. The lowest BCUT2D eigenvalue weighted by Crippen LogP contribution is -2.42. The normalized spacial score (nSPS) is 34.4. The van der Waals surface area contributed by atoms with Gasteiger partial charge in [0.25, 0.3) is 0 Å². The Balaban J connectivity index is 1.88. The molecule has 16 heavy (non-hydrogen) atoms. The summed E-state index contributed by atoms with van der Waals surface area (Å²) >= 11 is 1.95. The minimum atomic E-state index is 0.0241. The van der Waals surface area contributed by atoms with Crippen molar-refractivity contribution >= 4 is 17.5 Å². The van der Waals surface area contributed by atoms with Crippen LogP contribution in [0.25, 0.3) is 0 Å². The van der Waals surface area contributed by atoms with Crippen molar-refractivity contribution in [1.82, 2.24) is 0 Å². The average molecular weight is 244 g/mol. The molecule has 2 heterocycles. The first kappa shape index (κ1) is 12.4. The Morgan fingerprint density at radius 2 is 2.50 bits per heavy atom. The van der Waals surface area contributed by atoms with Crippen LogP contribution in [0.5, 0.6) is 0 Å². The van der Waals surface area contributed by atoms with Crippen molar-refractivity contribution < 1.29 is 14.3 Å². The van der Waals surface area contributed by atoms with Gasteiger partial charge in [-0.2, -0.15) is 11.8 Å². The molecular weight excluding hydrogens is 224 g/mol. The Hall–Kier alpha value is -0.0600. The predicted octanol–water partition coefficient (Wildman–Crippen LogP) is 1.89. The Bertz CT molecular complexity index is 249. The minimum Gasteiger partial charge on any atom is -0.384 e. The maximum absolute atomic E-state index is 12.0. The van der Waals surface area contributed by atoms with Gasteiger partial charge in [-0.05, 0) is 25.0 Å². The number of hydrogen-bond acceptors (Lipinski definition) is 4. The number of carbonyl (C=O) groups excluding carboxylic acids is 1. The number of Topliss-reactive ketones (excluding diaryl/α,β-unsaturated/α-hetero) is 1. The van der Waals surface area contributed by atoms with Gasteiger partial charge in [-0.1, -0.05) is 0 Å². The molecule has 2 fully saturated rings. The molecule has 0 aliphatic carbocycles. The summed E-state index contributed by atoms with van der Waals surface area (Å²) < 4.78 is 10.9. The first-order valence-corrected chi connectivity index (χ1v) is 7.15. The summed E-state index contributed by atoms with van der Waals surface area (Å²) in [6, 6.07) is 0. The lowest BCUT2D eigenvalue weighted by atomic mass is 9.82. The minimum absolute atomic E-state index is 0.0241. The van der Waals surface area contributed by atoms with Crippen molar-refractivity contribution in [3.05, 3.63) is 0 Å². The van der Waals surface area contributed by atoms with Gasteiger partial charge in [0.1, 0.15) is 5.78 Å². The zero-order valence-corrected chi connectivity index (χ0v) is 10.7. The van der Waals surface area contributed by atoms with Gasteiger partial charge in [-0.3, -0.25) is 4.79 Å². The van der Waals surface area contributed by atoms with Crippen LogP contribution >= 0.6 is 11.8 Å². The fourth-order valence-corrected chi connectivity index (χ4v) is 3.95. The molecule has 1 spiro atoms. The van der Waals surface area contributed by atoms with E-state index in [0.717, 1.165) is 31.6 Å². The maximum atomic E-state index is 12.0. The summed E-state index contributed by atoms with van der Waals surface area (Å²) in [6.45, 7) is 1.31. The van der Waals surface area contributed by atoms with Gasteiger partial charge in [0, 0.05) is 31.8 Å². The van der Waals surface area contributed by atoms with Gasteiger partial charge in [0.2, 0.25) is 0 Å². The van der Waals surface area contributed by atoms with Crippen LogP contribution in [0.15, 0.2) is 0 Å². The molecule has 0 aromatic carbocycles. The third-order valence-corrected chi connectivity index (χ3v) is 4.79. The van der Waals surface area contributed by atoms with Crippen LogP contribution in [0.3, 0.4) is 0 Å². The van der Waals surface area contributed by atoms with E-state index in [2.05, 4.69) is 0 Å². The monoisotopic (exact) mass is 244 g/mol. The molecule has 2 unspecified atom stereocenters. The number of ether oxygens (including phenoxy) is 2. The molecule has 2 rings (SSSR count). The quantitative estimate of drug-likeness (QED) is 0.756. The average Bonchev–Trinajstić information content (AvgIpc) is 2.74. The number of hydrogen-bond donors (Lipinski definition) is 0. The Morgan fingerprint density at radius 3 is 3.19 bits per heavy atom. The molecule has 2 aliphatic heterocycles. The highest BCUT2D eigenvalue weighted by Crippen LogP contribution is 2.40. The number of rotatable bonds is 4. The van der Waals surface area contributed by atoms with Crippen LogP contribution in [-0.4, -0.2) is 43.2 Å². The highest BCUT2D eigenvalue weighted by molar-refractivity contribution is 7.99. The summed E-state index contributed by atoms with van der Waals surface area (Å²) in [5.74, 6) is 2.82. The van der Waals surface area contributed by atoms with E-state index >= 15 is 0 Å². The molecule has 2 aliphatic rings. The van der Waals surface area contributed by atoms with E-state index in [-0.39, 0.29) is 11.5 Å². The first-order chi connectivity index (χ1) is 7.76. The van der Waals surface area contributed by atoms with Crippen LogP contribution in [0.4, 0.5) is 0 Å². The number of carbonyl (C=O) groups is 1. The first-order valence-electron chi connectivity index (χ1n) is 5.99. The molecule has 3 nitrogen and oxygen atoms in total. The third-order valence-electron chi connectivity index (χ3n) is 3.57. The molecule has 2 saturated heterocycles. The fraction of sp³-hybridized carbons (Fsp3) is 0.917. The van der Waals surface area contributed by atoms with Crippen LogP contribution < -0.4 is 0 Å². The smallest absolute Gasteiger partial charge is 0.138 e. The number of methoxy groups -OCH3 is 1. The standard InChI is InChI=1S/C12H20O3S/c1-14-5-3-11(13)10-2-6-15-12(8-10)4-7-16-9-12/h10H,2-9H2,1H3. The zero-order valence-electron chi connectivity index (χ0n) is 9.87. The molecule has 92 valence electrons. The van der Waals surface area contributed by atoms with Crippen molar-refractivity contribution in [1.29, 1.82) is 0 Å². The van der Waals surface area contributed by atoms with Gasteiger partial charge < -0.3 is 9.47 Å². The van der Waals surface area contributed by atoms with Gasteiger partial charge in [-0.15, -0.1) is 0 Å². The van der Waals surface area contributed by atoms with E-state index in [1.54, 1.807) is 7.11 Å². The van der Waals surface area contributed by atoms with E-state index in [1.807, 2.05) is 11.8 Å². The largest absolute Gasteiger partial charge is 0.384 e. The van der Waals surface area contributed by atoms with Crippen LogP contribution in [-0.2, 0) is 14.3 Å². The van der Waals surface area contributed by atoms with Crippen LogP contribution in [0.2, 0.25) is 0 Å². The molecule has 0 amide bonds. The lowest BCUT2D eigenvalue weighted by molar-refractivity contribution is -0.134. The Kier molecular flexibility index (Phi) is 4.27. The molecule has 2 atom stereocenters. The zero-order chi connectivity index (χ0) is 11.4. The highest BCUT2D eigenvalue weighted by Gasteiger charge is 2.42. The number of thioether (sulfide) groups is 1. The van der Waals surface area contributed by atoms with Gasteiger partial charge in [0.05, 0.1) is 12.2 Å². The van der Waals surface area contributed by atoms with Crippen molar-refractivity contribution in [2.24, 2.45) is 5.92 Å². The van der Waals surface area contributed by atoms with Crippen LogP contribution in [0.1, 0.15) is 25.7 Å². The van der Waals surface area contributed by atoms with E-state index in [9.17, 15) is 4.79 Å². The second-order valence-electron chi connectivity index (χ2n) is 4.73. The molecule has 0 N–H and O–H groups in total. The maximum Gasteiger partial charge on any atom is 0.138 e. The SMILES string of the molecule is COCCC(=O)C1CCOC2(CCSC2)C1. The fourth-order valence-electron chi connectivity index (χ4n) is 2.57. The summed E-state index contributed by atoms with van der Waals surface area (Å²) in [5.41, 5.74) is 0.0241. The van der Waals surface area contributed by atoms with Crippen LogP contribution in [0, 0.1) is 5.92 Å². The summed E-state index contributed by atoms with van der Waals surface area (Å²) in [6.07, 6.45) is 3.51. The molecule has 0 radical (unpaired) electrons. The van der Waals surface area contributed by atoms with Gasteiger partial charge in [0.15, 0.2) is 0 Å². The van der Waals surface area contributed by atoms with E-state index in [1.165, 1.54) is 5.75 Å². The Morgan fingerprint density at radius 1 is 1.62 bits per heavy atom. The van der Waals surface area contributed by atoms with Crippen molar-refractivity contribution in [3.8, 4) is 0 Å². The molecule has 0 bridgehead atoms. The van der Waals surface area contributed by atoms with E-state index in [0.29, 0.717) is 18.8 Å². The van der Waals surface area contributed by atoms with E-state index in [4.69, 9.17) is 9.47 Å².